The predicted molar refractivity (Wildman–Crippen MR) is 96.0 cm³/mol. The third-order valence-electron chi connectivity index (χ3n) is 2.82. The fraction of sp³-hybridized carbons (Fsp3) is 0.471. The fourth-order valence-electron chi connectivity index (χ4n) is 1.81. The van der Waals surface area contributed by atoms with E-state index >= 15 is 0 Å². The maximum absolute atomic E-state index is 14.4. The molecule has 0 radical (unpaired) electrons. The normalized spacial score (nSPS) is 10.3. The summed E-state index contributed by atoms with van der Waals surface area (Å²) in [6.45, 7) is 8.12. The van der Waals surface area contributed by atoms with Crippen LogP contribution in [0.15, 0.2) is 27.9 Å². The first-order chi connectivity index (χ1) is 11.3. The SMILES string of the molecule is CC(C)=NOCCOc1c(F)cc(OCC=C(Cl)Cl)cc1C(C)C. The van der Waals surface area contributed by atoms with Gasteiger partial charge in [-0.1, -0.05) is 42.2 Å². The molecule has 0 amide bonds. The van der Waals surface area contributed by atoms with E-state index in [4.69, 9.17) is 37.5 Å². The van der Waals surface area contributed by atoms with Crippen LogP contribution in [-0.4, -0.2) is 25.5 Å². The summed E-state index contributed by atoms with van der Waals surface area (Å²) in [6, 6.07) is 3.01. The number of hydrogen-bond donors (Lipinski definition) is 0. The van der Waals surface area contributed by atoms with E-state index in [2.05, 4.69) is 5.16 Å². The number of benzene rings is 1. The third-order valence-corrected chi connectivity index (χ3v) is 3.13. The molecule has 0 saturated carbocycles. The minimum Gasteiger partial charge on any atom is -0.489 e. The van der Waals surface area contributed by atoms with Crippen molar-refractivity contribution < 1.29 is 18.7 Å². The zero-order valence-electron chi connectivity index (χ0n) is 14.2. The maximum Gasteiger partial charge on any atom is 0.169 e. The van der Waals surface area contributed by atoms with Gasteiger partial charge in [-0.05, 0) is 31.9 Å². The van der Waals surface area contributed by atoms with Crippen LogP contribution in [0, 0.1) is 5.82 Å². The van der Waals surface area contributed by atoms with Gasteiger partial charge in [-0.15, -0.1) is 0 Å². The number of nitrogens with zero attached hydrogens (tertiary/aromatic N) is 1. The van der Waals surface area contributed by atoms with Crippen LogP contribution in [0.2, 0.25) is 0 Å². The molecule has 24 heavy (non-hydrogen) atoms. The molecule has 134 valence electrons. The van der Waals surface area contributed by atoms with Gasteiger partial charge in [0, 0.05) is 11.6 Å². The van der Waals surface area contributed by atoms with Crippen LogP contribution < -0.4 is 9.47 Å². The highest BCUT2D eigenvalue weighted by molar-refractivity contribution is 6.55. The lowest BCUT2D eigenvalue weighted by atomic mass is 10.0. The summed E-state index contributed by atoms with van der Waals surface area (Å²) >= 11 is 11.0. The van der Waals surface area contributed by atoms with Gasteiger partial charge in [0.05, 0.1) is 5.71 Å². The van der Waals surface area contributed by atoms with E-state index < -0.39 is 5.82 Å². The van der Waals surface area contributed by atoms with Gasteiger partial charge in [0.25, 0.3) is 0 Å². The molecule has 0 unspecified atom stereocenters. The molecule has 0 heterocycles. The van der Waals surface area contributed by atoms with Crippen molar-refractivity contribution in [3.63, 3.8) is 0 Å². The Kier molecular flexibility index (Phi) is 8.93. The molecule has 0 N–H and O–H groups in total. The second kappa shape index (κ2) is 10.4. The van der Waals surface area contributed by atoms with Crippen LogP contribution in [0.1, 0.15) is 39.2 Å². The predicted octanol–water partition coefficient (Wildman–Crippen LogP) is 5.44. The number of hydrogen-bond acceptors (Lipinski definition) is 4. The van der Waals surface area contributed by atoms with Crippen molar-refractivity contribution in [2.24, 2.45) is 5.16 Å². The summed E-state index contributed by atoms with van der Waals surface area (Å²) in [5.41, 5.74) is 1.51. The Hall–Kier alpha value is -1.46. The van der Waals surface area contributed by atoms with Gasteiger partial charge in [-0.2, -0.15) is 0 Å². The van der Waals surface area contributed by atoms with E-state index in [0.717, 1.165) is 5.71 Å². The van der Waals surface area contributed by atoms with E-state index in [0.29, 0.717) is 11.3 Å². The maximum atomic E-state index is 14.4. The summed E-state index contributed by atoms with van der Waals surface area (Å²) < 4.78 is 25.4. The van der Waals surface area contributed by atoms with E-state index in [1.807, 2.05) is 27.7 Å². The zero-order chi connectivity index (χ0) is 18.1. The lowest BCUT2D eigenvalue weighted by Gasteiger charge is -2.16. The van der Waals surface area contributed by atoms with E-state index in [9.17, 15) is 4.39 Å². The van der Waals surface area contributed by atoms with Crippen molar-refractivity contribution in [3.05, 3.63) is 34.1 Å². The average molecular weight is 378 g/mol. The molecule has 1 rings (SSSR count). The number of halogens is 3. The molecule has 7 heteroatoms. The summed E-state index contributed by atoms with van der Waals surface area (Å²) in [6.07, 6.45) is 1.48. The van der Waals surface area contributed by atoms with Crippen LogP contribution >= 0.6 is 23.2 Å². The molecule has 0 aliphatic heterocycles. The lowest BCUT2D eigenvalue weighted by Crippen LogP contribution is -2.09. The van der Waals surface area contributed by atoms with Crippen molar-refractivity contribution >= 4 is 28.9 Å². The van der Waals surface area contributed by atoms with Crippen LogP contribution in [0.5, 0.6) is 11.5 Å². The van der Waals surface area contributed by atoms with E-state index in [1.54, 1.807) is 6.07 Å². The first-order valence-corrected chi connectivity index (χ1v) is 8.30. The van der Waals surface area contributed by atoms with Gasteiger partial charge in [-0.3, -0.25) is 0 Å². The Bertz CT molecular complexity index is 596. The zero-order valence-corrected chi connectivity index (χ0v) is 15.7. The van der Waals surface area contributed by atoms with Gasteiger partial charge in [0.2, 0.25) is 0 Å². The topological polar surface area (TPSA) is 40.0 Å². The average Bonchev–Trinajstić information content (AvgIpc) is 2.47. The first-order valence-electron chi connectivity index (χ1n) is 7.54. The minimum atomic E-state index is -0.493. The Morgan fingerprint density at radius 1 is 1.21 bits per heavy atom. The highest BCUT2D eigenvalue weighted by Gasteiger charge is 2.16. The van der Waals surface area contributed by atoms with Crippen molar-refractivity contribution in [3.8, 4) is 11.5 Å². The molecule has 1 aromatic rings. The van der Waals surface area contributed by atoms with Crippen LogP contribution in [0.3, 0.4) is 0 Å². The molecule has 0 aromatic heterocycles. The number of rotatable bonds is 9. The Morgan fingerprint density at radius 2 is 1.92 bits per heavy atom. The standard InChI is InChI=1S/C17H22Cl2FNO3/c1-11(2)14-9-13(22-6-5-16(18)19)10-15(20)17(14)23-7-8-24-21-12(3)4/h5,9-11H,6-8H2,1-4H3. The summed E-state index contributed by atoms with van der Waals surface area (Å²) in [5, 5.41) is 3.79. The molecular formula is C17H22Cl2FNO3. The van der Waals surface area contributed by atoms with Crippen LogP contribution in [0.25, 0.3) is 0 Å². The molecule has 0 saturated heterocycles. The highest BCUT2D eigenvalue weighted by Crippen LogP contribution is 2.33. The molecular weight excluding hydrogens is 356 g/mol. The van der Waals surface area contributed by atoms with Crippen molar-refractivity contribution in [1.82, 2.24) is 0 Å². The molecule has 4 nitrogen and oxygen atoms in total. The van der Waals surface area contributed by atoms with Crippen molar-refractivity contribution in [1.29, 1.82) is 0 Å². The molecule has 1 aromatic carbocycles. The minimum absolute atomic E-state index is 0.0574. The Morgan fingerprint density at radius 3 is 2.50 bits per heavy atom. The molecule has 0 atom stereocenters. The van der Waals surface area contributed by atoms with Crippen LogP contribution in [0.4, 0.5) is 4.39 Å². The van der Waals surface area contributed by atoms with Gasteiger partial charge in [-0.25, -0.2) is 4.39 Å². The Balaban J connectivity index is 2.80. The second-order valence-corrected chi connectivity index (χ2v) is 6.51. The second-order valence-electron chi connectivity index (χ2n) is 5.50. The summed E-state index contributed by atoms with van der Waals surface area (Å²) in [5.74, 6) is 0.148. The molecule has 0 aliphatic carbocycles. The molecule has 0 aliphatic rings. The van der Waals surface area contributed by atoms with E-state index in [1.165, 1.54) is 12.1 Å². The molecule has 0 bridgehead atoms. The largest absolute Gasteiger partial charge is 0.489 e. The monoisotopic (exact) mass is 377 g/mol. The highest BCUT2D eigenvalue weighted by atomic mass is 35.5. The number of ether oxygens (including phenoxy) is 2. The lowest BCUT2D eigenvalue weighted by molar-refractivity contribution is 0.105. The van der Waals surface area contributed by atoms with Crippen molar-refractivity contribution in [2.75, 3.05) is 19.8 Å². The first kappa shape index (κ1) is 20.6. The number of oxime groups is 1. The molecule has 0 fully saturated rings. The molecule has 0 spiro atoms. The van der Waals surface area contributed by atoms with E-state index in [-0.39, 0.29) is 36.0 Å². The van der Waals surface area contributed by atoms with Crippen LogP contribution in [-0.2, 0) is 4.84 Å². The smallest absolute Gasteiger partial charge is 0.169 e. The van der Waals surface area contributed by atoms with Gasteiger partial charge >= 0.3 is 0 Å². The summed E-state index contributed by atoms with van der Waals surface area (Å²) in [4.78, 5) is 5.04. The summed E-state index contributed by atoms with van der Waals surface area (Å²) in [7, 11) is 0. The van der Waals surface area contributed by atoms with Gasteiger partial charge in [0.1, 0.15) is 23.5 Å². The third kappa shape index (κ3) is 7.41. The van der Waals surface area contributed by atoms with Gasteiger partial charge < -0.3 is 14.3 Å². The van der Waals surface area contributed by atoms with Gasteiger partial charge in [0.15, 0.2) is 18.2 Å². The fourth-order valence-corrected chi connectivity index (χ4v) is 1.94. The Labute approximate surface area is 152 Å². The van der Waals surface area contributed by atoms with Crippen molar-refractivity contribution in [2.45, 2.75) is 33.6 Å². The quantitative estimate of drug-likeness (QED) is 0.326.